The molecule has 0 unspecified atom stereocenters. The number of methoxy groups -OCH3 is 1. The molecule has 1 aliphatic heterocycles. The lowest BCUT2D eigenvalue weighted by atomic mass is 10.2. The van der Waals surface area contributed by atoms with Crippen LogP contribution in [0.4, 0.5) is 14.5 Å². The predicted molar refractivity (Wildman–Crippen MR) is 95.1 cm³/mol. The monoisotopic (exact) mass is 382 g/mol. The van der Waals surface area contributed by atoms with Crippen LogP contribution in [-0.2, 0) is 10.0 Å². The van der Waals surface area contributed by atoms with Gasteiger partial charge in [0.15, 0.2) is 11.6 Å². The highest BCUT2D eigenvalue weighted by atomic mass is 32.2. The average molecular weight is 382 g/mol. The normalized spacial score (nSPS) is 15.9. The Morgan fingerprint density at radius 1 is 0.962 bits per heavy atom. The van der Waals surface area contributed by atoms with E-state index >= 15 is 0 Å². The van der Waals surface area contributed by atoms with Crippen molar-refractivity contribution in [3.8, 4) is 5.75 Å². The van der Waals surface area contributed by atoms with Gasteiger partial charge in [-0.2, -0.15) is 4.31 Å². The molecule has 0 aliphatic carbocycles. The number of anilines is 1. The Morgan fingerprint density at radius 2 is 1.65 bits per heavy atom. The Labute approximate surface area is 151 Å². The Hall–Kier alpha value is -2.19. The summed E-state index contributed by atoms with van der Waals surface area (Å²) in [6.45, 7) is 3.09. The fourth-order valence-corrected chi connectivity index (χ4v) is 4.66. The van der Waals surface area contributed by atoms with Crippen LogP contribution in [0.2, 0.25) is 0 Å². The van der Waals surface area contributed by atoms with Gasteiger partial charge >= 0.3 is 0 Å². The van der Waals surface area contributed by atoms with Crippen LogP contribution in [-0.4, -0.2) is 46.0 Å². The first-order chi connectivity index (χ1) is 12.3. The third-order valence-electron chi connectivity index (χ3n) is 4.44. The second kappa shape index (κ2) is 7.20. The minimum atomic E-state index is -3.70. The Kier molecular flexibility index (Phi) is 5.15. The Bertz CT molecular complexity index is 911. The lowest BCUT2D eigenvalue weighted by molar-refractivity contribution is 0.374. The van der Waals surface area contributed by atoms with Gasteiger partial charge in [-0.15, -0.1) is 0 Å². The van der Waals surface area contributed by atoms with E-state index in [1.54, 1.807) is 18.2 Å². The van der Waals surface area contributed by atoms with Crippen LogP contribution in [0, 0.1) is 18.6 Å². The summed E-state index contributed by atoms with van der Waals surface area (Å²) in [6, 6.07) is 8.72. The molecule has 26 heavy (non-hydrogen) atoms. The molecule has 1 heterocycles. The van der Waals surface area contributed by atoms with E-state index in [0.717, 1.165) is 17.7 Å². The largest absolute Gasteiger partial charge is 0.495 e. The molecule has 0 amide bonds. The summed E-state index contributed by atoms with van der Waals surface area (Å²) in [5.74, 6) is -1.51. The van der Waals surface area contributed by atoms with Crippen molar-refractivity contribution in [3.05, 3.63) is 53.6 Å². The molecule has 0 atom stereocenters. The molecule has 1 fully saturated rings. The topological polar surface area (TPSA) is 49.9 Å². The van der Waals surface area contributed by atoms with Crippen molar-refractivity contribution < 1.29 is 21.9 Å². The SMILES string of the molecule is COc1ccc(C)cc1S(=O)(=O)N1CCN(c2ccc(F)c(F)c2)CC1. The van der Waals surface area contributed by atoms with Gasteiger partial charge in [-0.3, -0.25) is 0 Å². The standard InChI is InChI=1S/C18H20F2N2O3S/c1-13-3-6-17(25-2)18(11-13)26(23,24)22-9-7-21(8-10-22)14-4-5-15(19)16(20)12-14/h3-6,11-12H,7-10H2,1-2H3. The number of sulfonamides is 1. The molecule has 3 rings (SSSR count). The van der Waals surface area contributed by atoms with E-state index in [1.165, 1.54) is 17.5 Å². The van der Waals surface area contributed by atoms with E-state index in [1.807, 2.05) is 11.8 Å². The number of halogens is 2. The quantitative estimate of drug-likeness (QED) is 0.816. The maximum atomic E-state index is 13.4. The van der Waals surface area contributed by atoms with Crippen LogP contribution >= 0.6 is 0 Å². The highest BCUT2D eigenvalue weighted by molar-refractivity contribution is 7.89. The van der Waals surface area contributed by atoms with Gasteiger partial charge in [0, 0.05) is 37.9 Å². The Morgan fingerprint density at radius 3 is 2.27 bits per heavy atom. The summed E-state index contributed by atoms with van der Waals surface area (Å²) >= 11 is 0. The average Bonchev–Trinajstić information content (AvgIpc) is 2.64. The van der Waals surface area contributed by atoms with Crippen molar-refractivity contribution in [3.63, 3.8) is 0 Å². The number of piperazine rings is 1. The fourth-order valence-electron chi connectivity index (χ4n) is 2.99. The molecule has 0 radical (unpaired) electrons. The number of aryl methyl sites for hydroxylation is 1. The zero-order chi connectivity index (χ0) is 18.9. The van der Waals surface area contributed by atoms with Crippen molar-refractivity contribution in [1.29, 1.82) is 0 Å². The van der Waals surface area contributed by atoms with E-state index in [4.69, 9.17) is 4.74 Å². The van der Waals surface area contributed by atoms with Crippen molar-refractivity contribution in [2.75, 3.05) is 38.2 Å². The first-order valence-electron chi connectivity index (χ1n) is 8.17. The van der Waals surface area contributed by atoms with E-state index in [2.05, 4.69) is 0 Å². The summed E-state index contributed by atoms with van der Waals surface area (Å²) < 4.78 is 59.1. The van der Waals surface area contributed by atoms with Crippen LogP contribution in [0.1, 0.15) is 5.56 Å². The van der Waals surface area contributed by atoms with Crippen molar-refractivity contribution in [2.45, 2.75) is 11.8 Å². The van der Waals surface area contributed by atoms with Crippen LogP contribution in [0.25, 0.3) is 0 Å². The molecule has 1 saturated heterocycles. The molecule has 2 aromatic carbocycles. The molecule has 0 spiro atoms. The first-order valence-corrected chi connectivity index (χ1v) is 9.62. The summed E-state index contributed by atoms with van der Waals surface area (Å²) in [4.78, 5) is 1.98. The summed E-state index contributed by atoms with van der Waals surface area (Å²) in [5.41, 5.74) is 1.36. The van der Waals surface area contributed by atoms with Crippen molar-refractivity contribution >= 4 is 15.7 Å². The first kappa shape index (κ1) is 18.6. The third-order valence-corrected chi connectivity index (χ3v) is 6.36. The molecule has 5 nitrogen and oxygen atoms in total. The molecule has 0 saturated carbocycles. The summed E-state index contributed by atoms with van der Waals surface area (Å²) in [7, 11) is -2.26. The van der Waals surface area contributed by atoms with Gasteiger partial charge in [0.25, 0.3) is 0 Å². The zero-order valence-electron chi connectivity index (χ0n) is 14.6. The minimum absolute atomic E-state index is 0.140. The van der Waals surface area contributed by atoms with Gasteiger partial charge in [-0.25, -0.2) is 17.2 Å². The summed E-state index contributed by atoms with van der Waals surface area (Å²) in [5, 5.41) is 0. The lowest BCUT2D eigenvalue weighted by Gasteiger charge is -2.35. The number of ether oxygens (including phenoxy) is 1. The molecule has 0 bridgehead atoms. The number of benzene rings is 2. The zero-order valence-corrected chi connectivity index (χ0v) is 15.4. The highest BCUT2D eigenvalue weighted by Gasteiger charge is 2.31. The number of hydrogen-bond donors (Lipinski definition) is 0. The second-order valence-corrected chi connectivity index (χ2v) is 8.05. The van der Waals surface area contributed by atoms with Crippen LogP contribution in [0.15, 0.2) is 41.3 Å². The number of hydrogen-bond acceptors (Lipinski definition) is 4. The molecule has 0 N–H and O–H groups in total. The molecule has 2 aromatic rings. The Balaban J connectivity index is 1.79. The van der Waals surface area contributed by atoms with Crippen LogP contribution in [0.5, 0.6) is 5.75 Å². The maximum absolute atomic E-state index is 13.4. The minimum Gasteiger partial charge on any atom is -0.495 e. The summed E-state index contributed by atoms with van der Waals surface area (Å²) in [6.07, 6.45) is 0. The second-order valence-electron chi connectivity index (χ2n) is 6.14. The maximum Gasteiger partial charge on any atom is 0.246 e. The van der Waals surface area contributed by atoms with Crippen LogP contribution < -0.4 is 9.64 Å². The molecular weight excluding hydrogens is 362 g/mol. The van der Waals surface area contributed by atoms with Gasteiger partial charge in [-0.05, 0) is 36.8 Å². The van der Waals surface area contributed by atoms with Gasteiger partial charge in [0.1, 0.15) is 10.6 Å². The van der Waals surface area contributed by atoms with Gasteiger partial charge < -0.3 is 9.64 Å². The highest BCUT2D eigenvalue weighted by Crippen LogP contribution is 2.29. The van der Waals surface area contributed by atoms with Crippen LogP contribution in [0.3, 0.4) is 0 Å². The van der Waals surface area contributed by atoms with Gasteiger partial charge in [0.2, 0.25) is 10.0 Å². The predicted octanol–water partition coefficient (Wildman–Crippen LogP) is 2.79. The van der Waals surface area contributed by atoms with E-state index in [0.29, 0.717) is 24.5 Å². The molecular formula is C18H20F2N2O3S. The van der Waals surface area contributed by atoms with Crippen molar-refractivity contribution in [1.82, 2.24) is 4.31 Å². The smallest absolute Gasteiger partial charge is 0.246 e. The van der Waals surface area contributed by atoms with Gasteiger partial charge in [0.05, 0.1) is 7.11 Å². The molecule has 1 aliphatic rings. The number of nitrogens with zero attached hydrogens (tertiary/aromatic N) is 2. The lowest BCUT2D eigenvalue weighted by Crippen LogP contribution is -2.48. The molecule has 0 aromatic heterocycles. The van der Waals surface area contributed by atoms with Crippen molar-refractivity contribution in [2.24, 2.45) is 0 Å². The van der Waals surface area contributed by atoms with E-state index in [9.17, 15) is 17.2 Å². The molecule has 140 valence electrons. The fraction of sp³-hybridized carbons (Fsp3) is 0.333. The third kappa shape index (κ3) is 3.52. The van der Waals surface area contributed by atoms with E-state index in [-0.39, 0.29) is 18.0 Å². The van der Waals surface area contributed by atoms with Gasteiger partial charge in [-0.1, -0.05) is 6.07 Å². The van der Waals surface area contributed by atoms with E-state index < -0.39 is 21.7 Å². The number of rotatable bonds is 4. The molecule has 8 heteroatoms.